The molecule has 0 radical (unpaired) electrons. The fourth-order valence-electron chi connectivity index (χ4n) is 7.56. The summed E-state index contributed by atoms with van der Waals surface area (Å²) in [5.74, 6) is 2.80. The number of benzene rings is 4. The van der Waals surface area contributed by atoms with Gasteiger partial charge >= 0.3 is 0 Å². The fourth-order valence-corrected chi connectivity index (χ4v) is 7.56. The SMILES string of the molecule is CCC1(CC)c2ccccc2-c2c1c1c(c3ccccc23)OC(C2=CC=C(OC)CC2)(c2ccc(OC)cc2)C=C1. The summed E-state index contributed by atoms with van der Waals surface area (Å²) in [7, 11) is 3.45. The monoisotopic (exact) mass is 540 g/mol. The molecule has 0 saturated heterocycles. The second-order valence-electron chi connectivity index (χ2n) is 11.3. The van der Waals surface area contributed by atoms with Crippen LogP contribution in [0, 0.1) is 0 Å². The second-order valence-corrected chi connectivity index (χ2v) is 11.3. The topological polar surface area (TPSA) is 27.7 Å². The molecule has 1 aliphatic heterocycles. The molecule has 1 atom stereocenters. The van der Waals surface area contributed by atoms with Crippen molar-refractivity contribution in [3.05, 3.63) is 125 Å². The van der Waals surface area contributed by atoms with Crippen LogP contribution in [-0.4, -0.2) is 14.2 Å². The summed E-state index contributed by atoms with van der Waals surface area (Å²) < 4.78 is 18.5. The average molecular weight is 541 g/mol. The van der Waals surface area contributed by atoms with Crippen molar-refractivity contribution in [2.24, 2.45) is 0 Å². The Morgan fingerprint density at radius 3 is 2.20 bits per heavy atom. The van der Waals surface area contributed by atoms with Crippen molar-refractivity contribution in [2.45, 2.75) is 50.5 Å². The van der Waals surface area contributed by atoms with Crippen molar-refractivity contribution in [2.75, 3.05) is 14.2 Å². The molecule has 7 rings (SSSR count). The molecule has 206 valence electrons. The Kier molecular flexibility index (Phi) is 6.08. The summed E-state index contributed by atoms with van der Waals surface area (Å²) in [6.07, 6.45) is 12.7. The lowest BCUT2D eigenvalue weighted by Gasteiger charge is -2.41. The highest BCUT2D eigenvalue weighted by Gasteiger charge is 2.47. The van der Waals surface area contributed by atoms with Gasteiger partial charge in [0.15, 0.2) is 5.60 Å². The van der Waals surface area contributed by atoms with E-state index in [1.807, 2.05) is 12.1 Å². The van der Waals surface area contributed by atoms with Gasteiger partial charge in [-0.15, -0.1) is 0 Å². The number of hydrogen-bond acceptors (Lipinski definition) is 3. The molecule has 0 amide bonds. The van der Waals surface area contributed by atoms with E-state index in [4.69, 9.17) is 14.2 Å². The number of rotatable bonds is 6. The van der Waals surface area contributed by atoms with Crippen LogP contribution in [-0.2, 0) is 15.8 Å². The number of hydrogen-bond donors (Lipinski definition) is 0. The Morgan fingerprint density at radius 1 is 0.780 bits per heavy atom. The van der Waals surface area contributed by atoms with Crippen LogP contribution in [0.15, 0.2) is 102 Å². The number of fused-ring (bicyclic) bond motifs is 8. The minimum atomic E-state index is -0.738. The summed E-state index contributed by atoms with van der Waals surface area (Å²) in [5, 5.41) is 2.42. The molecule has 0 bridgehead atoms. The van der Waals surface area contributed by atoms with Crippen LogP contribution in [0.3, 0.4) is 0 Å². The summed E-state index contributed by atoms with van der Waals surface area (Å²) in [4.78, 5) is 0. The Morgan fingerprint density at radius 2 is 1.51 bits per heavy atom. The molecule has 3 heteroatoms. The van der Waals surface area contributed by atoms with E-state index in [1.54, 1.807) is 14.2 Å². The number of methoxy groups -OCH3 is 2. The van der Waals surface area contributed by atoms with E-state index >= 15 is 0 Å². The highest BCUT2D eigenvalue weighted by atomic mass is 16.5. The lowest BCUT2D eigenvalue weighted by atomic mass is 9.71. The van der Waals surface area contributed by atoms with E-state index in [0.717, 1.165) is 53.9 Å². The molecule has 0 aromatic heterocycles. The van der Waals surface area contributed by atoms with E-state index < -0.39 is 5.60 Å². The first kappa shape index (κ1) is 25.7. The van der Waals surface area contributed by atoms with Gasteiger partial charge in [-0.3, -0.25) is 0 Å². The van der Waals surface area contributed by atoms with Crippen LogP contribution in [0.2, 0.25) is 0 Å². The van der Waals surface area contributed by atoms with Crippen molar-refractivity contribution in [3.8, 4) is 22.6 Å². The van der Waals surface area contributed by atoms with Crippen LogP contribution in [0.25, 0.3) is 28.0 Å². The van der Waals surface area contributed by atoms with E-state index in [2.05, 4.69) is 98.8 Å². The van der Waals surface area contributed by atoms with Crippen LogP contribution in [0.1, 0.15) is 61.8 Å². The van der Waals surface area contributed by atoms with Crippen LogP contribution in [0.5, 0.6) is 11.5 Å². The molecule has 3 nitrogen and oxygen atoms in total. The second kappa shape index (κ2) is 9.69. The summed E-state index contributed by atoms with van der Waals surface area (Å²) in [5.41, 5.74) is 8.30. The summed E-state index contributed by atoms with van der Waals surface area (Å²) in [6.45, 7) is 4.66. The molecule has 4 aromatic rings. The van der Waals surface area contributed by atoms with Crippen LogP contribution in [0.4, 0.5) is 0 Å². The van der Waals surface area contributed by atoms with E-state index in [1.165, 1.54) is 38.8 Å². The molecule has 0 fully saturated rings. The molecule has 1 heterocycles. The minimum absolute atomic E-state index is 0.0614. The van der Waals surface area contributed by atoms with Crippen LogP contribution < -0.4 is 9.47 Å². The molecule has 41 heavy (non-hydrogen) atoms. The van der Waals surface area contributed by atoms with E-state index in [-0.39, 0.29) is 5.41 Å². The lowest BCUT2D eigenvalue weighted by molar-refractivity contribution is 0.151. The average Bonchev–Trinajstić information content (AvgIpc) is 3.35. The van der Waals surface area contributed by atoms with Gasteiger partial charge in [-0.25, -0.2) is 0 Å². The maximum atomic E-state index is 7.44. The van der Waals surface area contributed by atoms with Crippen molar-refractivity contribution >= 4 is 16.8 Å². The first-order chi connectivity index (χ1) is 20.1. The predicted octanol–water partition coefficient (Wildman–Crippen LogP) is 9.49. The Bertz CT molecular complexity index is 1750. The molecular weight excluding hydrogens is 504 g/mol. The normalized spacial score (nSPS) is 19.9. The quantitative estimate of drug-likeness (QED) is 0.244. The maximum Gasteiger partial charge on any atom is 0.174 e. The van der Waals surface area contributed by atoms with Crippen molar-refractivity contribution < 1.29 is 14.2 Å². The van der Waals surface area contributed by atoms with Gasteiger partial charge in [0.2, 0.25) is 0 Å². The third kappa shape index (κ3) is 3.58. The molecule has 0 spiro atoms. The summed E-state index contributed by atoms with van der Waals surface area (Å²) >= 11 is 0. The molecule has 1 unspecified atom stereocenters. The smallest absolute Gasteiger partial charge is 0.174 e. The summed E-state index contributed by atoms with van der Waals surface area (Å²) in [6, 6.07) is 26.1. The van der Waals surface area contributed by atoms with Gasteiger partial charge in [-0.05, 0) is 76.8 Å². The van der Waals surface area contributed by atoms with Crippen molar-refractivity contribution in [1.29, 1.82) is 0 Å². The third-order valence-electron chi connectivity index (χ3n) is 9.72. The highest BCUT2D eigenvalue weighted by molar-refractivity contribution is 6.08. The van der Waals surface area contributed by atoms with Crippen molar-refractivity contribution in [3.63, 3.8) is 0 Å². The first-order valence-electron chi connectivity index (χ1n) is 14.8. The van der Waals surface area contributed by atoms with Crippen molar-refractivity contribution in [1.82, 2.24) is 0 Å². The van der Waals surface area contributed by atoms with Gasteiger partial charge < -0.3 is 14.2 Å². The maximum absolute atomic E-state index is 7.44. The standard InChI is InChI=1S/C38H36O3/c1-5-37(6-2)33-14-10-9-13-31(33)34-29-11-7-8-12-30(29)36-32(35(34)37)23-24-38(41-36,25-15-19-27(39-3)20-16-25)26-17-21-28(40-4)22-18-26/h7-17,19-21,23-24H,5-6,18,22H2,1-4H3. The zero-order chi connectivity index (χ0) is 28.2. The van der Waals surface area contributed by atoms with Gasteiger partial charge in [-0.1, -0.05) is 86.7 Å². The zero-order valence-electron chi connectivity index (χ0n) is 24.3. The molecule has 2 aliphatic carbocycles. The Labute approximate surface area is 242 Å². The van der Waals surface area contributed by atoms with Crippen LogP contribution >= 0.6 is 0 Å². The Balaban J connectivity index is 1.53. The molecule has 0 saturated carbocycles. The first-order valence-corrected chi connectivity index (χ1v) is 14.8. The van der Waals surface area contributed by atoms with Gasteiger partial charge in [0.1, 0.15) is 11.5 Å². The Hall–Kier alpha value is -4.24. The minimum Gasteiger partial charge on any atom is -0.501 e. The largest absolute Gasteiger partial charge is 0.501 e. The molecule has 4 aromatic carbocycles. The molecular formula is C38H36O3. The van der Waals surface area contributed by atoms with Gasteiger partial charge in [0.05, 0.1) is 20.0 Å². The van der Waals surface area contributed by atoms with E-state index in [0.29, 0.717) is 0 Å². The fraction of sp³-hybridized carbons (Fsp3) is 0.263. The molecule has 0 N–H and O–H groups in total. The third-order valence-corrected chi connectivity index (χ3v) is 9.72. The van der Waals surface area contributed by atoms with Gasteiger partial charge in [-0.2, -0.15) is 0 Å². The highest BCUT2D eigenvalue weighted by Crippen LogP contribution is 2.60. The van der Waals surface area contributed by atoms with Gasteiger partial charge in [0, 0.05) is 28.3 Å². The van der Waals surface area contributed by atoms with E-state index in [9.17, 15) is 0 Å². The lowest BCUT2D eigenvalue weighted by Crippen LogP contribution is -2.36. The zero-order valence-corrected chi connectivity index (χ0v) is 24.3. The van der Waals surface area contributed by atoms with Gasteiger partial charge in [0.25, 0.3) is 0 Å². The predicted molar refractivity (Wildman–Crippen MR) is 167 cm³/mol. The number of allylic oxidation sites excluding steroid dienone is 3. The molecule has 3 aliphatic rings. The number of ether oxygens (including phenoxy) is 3.